The Morgan fingerprint density at radius 1 is 1.36 bits per heavy atom. The van der Waals surface area contributed by atoms with Crippen molar-refractivity contribution in [3.05, 3.63) is 29.8 Å². The van der Waals surface area contributed by atoms with E-state index >= 15 is 0 Å². The average molecular weight is 304 g/mol. The highest BCUT2D eigenvalue weighted by molar-refractivity contribution is 5.83. The van der Waals surface area contributed by atoms with Gasteiger partial charge in [0.15, 0.2) is 6.61 Å². The highest BCUT2D eigenvalue weighted by Crippen LogP contribution is 2.23. The maximum atomic E-state index is 11.9. The summed E-state index contributed by atoms with van der Waals surface area (Å²) in [5, 5.41) is 6.86. The van der Waals surface area contributed by atoms with Crippen molar-refractivity contribution in [1.82, 2.24) is 5.32 Å². The number of nitrogens with zero attached hydrogens (tertiary/aromatic N) is 1. The minimum absolute atomic E-state index is 0.0606. The van der Waals surface area contributed by atoms with E-state index in [0.29, 0.717) is 5.92 Å². The molecule has 22 heavy (non-hydrogen) atoms. The number of ether oxygens (including phenoxy) is 1. The van der Waals surface area contributed by atoms with Crippen LogP contribution < -0.4 is 10.1 Å². The number of methoxy groups -OCH3 is 1. The first-order valence-electron chi connectivity index (χ1n) is 7.78. The fourth-order valence-corrected chi connectivity index (χ4v) is 2.74. The molecule has 120 valence electrons. The van der Waals surface area contributed by atoms with Gasteiger partial charge in [-0.05, 0) is 30.9 Å². The fraction of sp³-hybridized carbons (Fsp3) is 0.529. The van der Waals surface area contributed by atoms with Crippen LogP contribution in [0.3, 0.4) is 0 Å². The molecule has 0 saturated heterocycles. The van der Waals surface area contributed by atoms with Crippen LogP contribution in [0.1, 0.15) is 38.2 Å². The Bertz CT molecular complexity index is 516. The second-order valence-corrected chi connectivity index (χ2v) is 5.69. The Hall–Kier alpha value is -2.04. The summed E-state index contributed by atoms with van der Waals surface area (Å²) in [6, 6.07) is 7.76. The Balaban J connectivity index is 1.75. The first kappa shape index (κ1) is 16.3. The van der Waals surface area contributed by atoms with Gasteiger partial charge in [0.2, 0.25) is 0 Å². The third kappa shape index (κ3) is 4.76. The van der Waals surface area contributed by atoms with E-state index in [9.17, 15) is 4.79 Å². The normalized spacial score (nSPS) is 21.5. The zero-order valence-corrected chi connectivity index (χ0v) is 13.2. The topological polar surface area (TPSA) is 59.9 Å². The summed E-state index contributed by atoms with van der Waals surface area (Å²) in [6.45, 7) is 2.12. The highest BCUT2D eigenvalue weighted by Gasteiger charge is 2.22. The van der Waals surface area contributed by atoms with E-state index < -0.39 is 0 Å². The van der Waals surface area contributed by atoms with Crippen LogP contribution in [0.25, 0.3) is 0 Å². The summed E-state index contributed by atoms with van der Waals surface area (Å²) in [5.41, 5.74) is 0.811. The van der Waals surface area contributed by atoms with Crippen LogP contribution in [0.2, 0.25) is 0 Å². The zero-order valence-electron chi connectivity index (χ0n) is 13.2. The number of benzene rings is 1. The van der Waals surface area contributed by atoms with Crippen LogP contribution in [-0.2, 0) is 9.63 Å². The molecule has 1 aromatic rings. The van der Waals surface area contributed by atoms with Crippen molar-refractivity contribution >= 4 is 12.1 Å². The number of para-hydroxylation sites is 1. The van der Waals surface area contributed by atoms with E-state index in [4.69, 9.17) is 9.57 Å². The molecule has 2 rings (SSSR count). The molecule has 1 aliphatic carbocycles. The Morgan fingerprint density at radius 3 is 2.91 bits per heavy atom. The first-order chi connectivity index (χ1) is 10.7. The number of nitrogens with one attached hydrogen (secondary N) is 1. The van der Waals surface area contributed by atoms with Gasteiger partial charge in [-0.15, -0.1) is 0 Å². The number of oxime groups is 1. The third-order valence-electron chi connectivity index (χ3n) is 4.06. The van der Waals surface area contributed by atoms with E-state index in [1.807, 2.05) is 24.3 Å². The first-order valence-corrected chi connectivity index (χ1v) is 7.78. The molecule has 1 amide bonds. The molecule has 0 unspecified atom stereocenters. The molecule has 5 heteroatoms. The second-order valence-electron chi connectivity index (χ2n) is 5.69. The summed E-state index contributed by atoms with van der Waals surface area (Å²) in [6.07, 6.45) is 6.22. The lowest BCUT2D eigenvalue weighted by molar-refractivity contribution is -0.126. The van der Waals surface area contributed by atoms with E-state index in [1.54, 1.807) is 13.3 Å². The monoisotopic (exact) mass is 304 g/mol. The maximum Gasteiger partial charge on any atom is 0.261 e. The van der Waals surface area contributed by atoms with Crippen molar-refractivity contribution in [2.24, 2.45) is 11.1 Å². The standard InChI is InChI=1S/C17H24N2O3/c1-13-7-3-5-9-15(13)19-17(20)12-22-18-11-14-8-4-6-10-16(14)21-2/h4,6,8,10-11,13,15H,3,5,7,9,12H2,1-2H3,(H,19,20)/b18-11-/t13-,15+/m1/s1. The summed E-state index contributed by atoms with van der Waals surface area (Å²) < 4.78 is 5.21. The van der Waals surface area contributed by atoms with Gasteiger partial charge >= 0.3 is 0 Å². The van der Waals surface area contributed by atoms with Gasteiger partial charge in [-0.2, -0.15) is 0 Å². The molecule has 1 N–H and O–H groups in total. The predicted octanol–water partition coefficient (Wildman–Crippen LogP) is 2.74. The Kier molecular flexibility index (Phi) is 6.25. The average Bonchev–Trinajstić information content (AvgIpc) is 2.54. The predicted molar refractivity (Wildman–Crippen MR) is 86.1 cm³/mol. The van der Waals surface area contributed by atoms with Crippen LogP contribution in [0.15, 0.2) is 29.4 Å². The summed E-state index contributed by atoms with van der Waals surface area (Å²) in [4.78, 5) is 16.9. The molecule has 0 bridgehead atoms. The largest absolute Gasteiger partial charge is 0.496 e. The molecule has 1 aliphatic rings. The molecule has 0 heterocycles. The fourth-order valence-electron chi connectivity index (χ4n) is 2.74. The minimum Gasteiger partial charge on any atom is -0.496 e. The number of amides is 1. The maximum absolute atomic E-state index is 11.9. The van der Waals surface area contributed by atoms with Crippen LogP contribution in [0.4, 0.5) is 0 Å². The number of hydrogen-bond acceptors (Lipinski definition) is 4. The number of rotatable bonds is 6. The number of carbonyl (C=O) groups excluding carboxylic acids is 1. The zero-order chi connectivity index (χ0) is 15.8. The molecule has 0 aliphatic heterocycles. The lowest BCUT2D eigenvalue weighted by Gasteiger charge is -2.29. The SMILES string of the molecule is COc1ccccc1/C=N\OCC(=O)N[C@H]1CCCC[C@H]1C. The van der Waals surface area contributed by atoms with Crippen LogP contribution in [0.5, 0.6) is 5.75 Å². The van der Waals surface area contributed by atoms with Crippen molar-refractivity contribution in [2.45, 2.75) is 38.6 Å². The number of carbonyl (C=O) groups is 1. The molecule has 2 atom stereocenters. The lowest BCUT2D eigenvalue weighted by Crippen LogP contribution is -2.42. The van der Waals surface area contributed by atoms with Gasteiger partial charge in [0.25, 0.3) is 5.91 Å². The van der Waals surface area contributed by atoms with Crippen molar-refractivity contribution in [3.8, 4) is 5.75 Å². The smallest absolute Gasteiger partial charge is 0.261 e. The summed E-state index contributed by atoms with van der Waals surface area (Å²) in [7, 11) is 1.60. The molecule has 0 radical (unpaired) electrons. The third-order valence-corrected chi connectivity index (χ3v) is 4.06. The molecule has 1 saturated carbocycles. The van der Waals surface area contributed by atoms with Crippen LogP contribution in [0, 0.1) is 5.92 Å². The molecule has 5 nitrogen and oxygen atoms in total. The molecular weight excluding hydrogens is 280 g/mol. The van der Waals surface area contributed by atoms with E-state index in [2.05, 4.69) is 17.4 Å². The van der Waals surface area contributed by atoms with Gasteiger partial charge < -0.3 is 14.9 Å². The van der Waals surface area contributed by atoms with Gasteiger partial charge in [-0.1, -0.05) is 37.1 Å². The van der Waals surface area contributed by atoms with Crippen molar-refractivity contribution in [3.63, 3.8) is 0 Å². The van der Waals surface area contributed by atoms with Crippen molar-refractivity contribution in [2.75, 3.05) is 13.7 Å². The van der Waals surface area contributed by atoms with Gasteiger partial charge in [0, 0.05) is 11.6 Å². The van der Waals surface area contributed by atoms with E-state index in [1.165, 1.54) is 19.3 Å². The van der Waals surface area contributed by atoms with Gasteiger partial charge in [0.05, 0.1) is 13.3 Å². The second kappa shape index (κ2) is 8.41. The van der Waals surface area contributed by atoms with Gasteiger partial charge in [-0.25, -0.2) is 0 Å². The van der Waals surface area contributed by atoms with Gasteiger partial charge in [0.1, 0.15) is 5.75 Å². The highest BCUT2D eigenvalue weighted by atomic mass is 16.6. The summed E-state index contributed by atoms with van der Waals surface area (Å²) in [5.74, 6) is 1.14. The quantitative estimate of drug-likeness (QED) is 0.649. The van der Waals surface area contributed by atoms with Gasteiger partial charge in [-0.3, -0.25) is 4.79 Å². The summed E-state index contributed by atoms with van der Waals surface area (Å²) >= 11 is 0. The number of hydrogen-bond donors (Lipinski definition) is 1. The molecule has 1 aromatic carbocycles. The molecule has 0 spiro atoms. The van der Waals surface area contributed by atoms with Crippen LogP contribution >= 0.6 is 0 Å². The molecule has 1 fully saturated rings. The Labute approximate surface area is 131 Å². The minimum atomic E-state index is -0.115. The Morgan fingerprint density at radius 2 is 2.14 bits per heavy atom. The van der Waals surface area contributed by atoms with Crippen molar-refractivity contribution in [1.29, 1.82) is 0 Å². The van der Waals surface area contributed by atoms with Crippen molar-refractivity contribution < 1.29 is 14.4 Å². The molecular formula is C17H24N2O3. The van der Waals surface area contributed by atoms with E-state index in [-0.39, 0.29) is 18.6 Å². The lowest BCUT2D eigenvalue weighted by atomic mass is 9.86. The van der Waals surface area contributed by atoms with Crippen LogP contribution in [-0.4, -0.2) is 31.9 Å². The molecule has 0 aromatic heterocycles. The van der Waals surface area contributed by atoms with E-state index in [0.717, 1.165) is 17.7 Å².